The maximum atomic E-state index is 14.1. The van der Waals surface area contributed by atoms with E-state index >= 15 is 0 Å². The molecule has 2 unspecified atom stereocenters. The molecule has 0 radical (unpaired) electrons. The van der Waals surface area contributed by atoms with E-state index in [4.69, 9.17) is 0 Å². The Kier molecular flexibility index (Phi) is 4.16. The first-order valence-corrected chi connectivity index (χ1v) is 9.26. The van der Waals surface area contributed by atoms with Crippen LogP contribution in [0.15, 0.2) is 12.1 Å². The Morgan fingerprint density at radius 2 is 1.74 bits per heavy atom. The van der Waals surface area contributed by atoms with Gasteiger partial charge in [-0.05, 0) is 37.8 Å². The van der Waals surface area contributed by atoms with Crippen molar-refractivity contribution in [2.24, 2.45) is 5.92 Å². The molecule has 0 N–H and O–H groups in total. The van der Waals surface area contributed by atoms with Crippen LogP contribution in [0.5, 0.6) is 5.75 Å². The van der Waals surface area contributed by atoms with Crippen LogP contribution in [0, 0.1) is 17.6 Å². The molecular weight excluding hydrogens is 326 g/mol. The number of rotatable bonds is 3. The molecule has 126 valence electrons. The van der Waals surface area contributed by atoms with E-state index in [1.807, 2.05) is 0 Å². The monoisotopic (exact) mass is 344 g/mol. The fraction of sp³-hybridized carbons (Fsp3) is 0.562. The van der Waals surface area contributed by atoms with Gasteiger partial charge in [0.05, 0.1) is 23.2 Å². The summed E-state index contributed by atoms with van der Waals surface area (Å²) in [5.41, 5.74) is -0.328. The first kappa shape index (κ1) is 16.4. The molecule has 2 fully saturated rings. The molecule has 1 aromatic carbocycles. The maximum absolute atomic E-state index is 14.1. The third kappa shape index (κ3) is 2.65. The number of hydrogen-bond donors (Lipinski definition) is 0. The zero-order valence-electron chi connectivity index (χ0n) is 12.7. The number of ketones is 1. The van der Waals surface area contributed by atoms with Gasteiger partial charge < -0.3 is 4.74 Å². The average Bonchev–Trinajstić information content (AvgIpc) is 2.48. The van der Waals surface area contributed by atoms with Crippen molar-refractivity contribution >= 4 is 15.6 Å². The van der Waals surface area contributed by atoms with Gasteiger partial charge in [-0.15, -0.1) is 0 Å². The van der Waals surface area contributed by atoms with Gasteiger partial charge in [-0.1, -0.05) is 6.42 Å². The van der Waals surface area contributed by atoms with E-state index in [-0.39, 0.29) is 24.2 Å². The molecule has 2 atom stereocenters. The predicted molar refractivity (Wildman–Crippen MR) is 80.3 cm³/mol. The van der Waals surface area contributed by atoms with Crippen LogP contribution in [0.1, 0.15) is 42.5 Å². The van der Waals surface area contributed by atoms with Crippen molar-refractivity contribution in [3.8, 4) is 5.75 Å². The van der Waals surface area contributed by atoms with Gasteiger partial charge in [0.1, 0.15) is 0 Å². The van der Waals surface area contributed by atoms with Crippen molar-refractivity contribution in [1.82, 2.24) is 0 Å². The molecule has 2 heterocycles. The molecule has 23 heavy (non-hydrogen) atoms. The smallest absolute Gasteiger partial charge is 0.201 e. The Bertz CT molecular complexity index is 725. The topological polar surface area (TPSA) is 60.4 Å². The summed E-state index contributed by atoms with van der Waals surface area (Å²) in [4.78, 5) is 12.6. The van der Waals surface area contributed by atoms with Crippen molar-refractivity contribution in [3.63, 3.8) is 0 Å². The minimum Gasteiger partial charge on any atom is -0.494 e. The molecule has 3 rings (SSSR count). The number of benzene rings is 1. The fourth-order valence-corrected chi connectivity index (χ4v) is 6.26. The molecule has 0 spiro atoms. The second kappa shape index (κ2) is 5.85. The lowest BCUT2D eigenvalue weighted by molar-refractivity contribution is 0.0888. The molecule has 2 bridgehead atoms. The third-order valence-corrected chi connectivity index (χ3v) is 7.69. The number of ether oxygens (including phenoxy) is 1. The highest BCUT2D eigenvalue weighted by Crippen LogP contribution is 2.41. The minimum absolute atomic E-state index is 0.199. The number of carbonyl (C=O) groups excluding carboxylic acids is 1. The summed E-state index contributed by atoms with van der Waals surface area (Å²) < 4.78 is 57.1. The van der Waals surface area contributed by atoms with Gasteiger partial charge in [0, 0.05) is 5.92 Å². The molecule has 0 aromatic heterocycles. The van der Waals surface area contributed by atoms with Gasteiger partial charge in [-0.3, -0.25) is 4.79 Å². The Balaban J connectivity index is 1.89. The highest BCUT2D eigenvalue weighted by molar-refractivity contribution is 7.92. The largest absolute Gasteiger partial charge is 0.494 e. The average molecular weight is 344 g/mol. The van der Waals surface area contributed by atoms with Crippen LogP contribution in [-0.2, 0) is 9.84 Å². The summed E-state index contributed by atoms with van der Waals surface area (Å²) in [5.74, 6) is -3.77. The van der Waals surface area contributed by atoms with Crippen molar-refractivity contribution in [2.45, 2.75) is 42.6 Å². The first-order valence-electron chi connectivity index (χ1n) is 7.65. The quantitative estimate of drug-likeness (QED) is 0.791. The van der Waals surface area contributed by atoms with E-state index in [9.17, 15) is 22.0 Å². The number of sulfone groups is 1. The molecule has 2 aliphatic heterocycles. The highest BCUT2D eigenvalue weighted by atomic mass is 32.2. The van der Waals surface area contributed by atoms with Crippen LogP contribution >= 0.6 is 0 Å². The molecule has 0 amide bonds. The van der Waals surface area contributed by atoms with Gasteiger partial charge in [0.15, 0.2) is 27.2 Å². The summed E-state index contributed by atoms with van der Waals surface area (Å²) in [6.07, 6.45) is 2.32. The van der Waals surface area contributed by atoms with Crippen LogP contribution in [0.3, 0.4) is 0 Å². The maximum Gasteiger partial charge on any atom is 0.201 e. The van der Waals surface area contributed by atoms with Crippen LogP contribution in [0.25, 0.3) is 0 Å². The number of carbonyl (C=O) groups is 1. The highest BCUT2D eigenvalue weighted by Gasteiger charge is 2.46. The fourth-order valence-electron chi connectivity index (χ4n) is 3.72. The molecule has 0 aliphatic carbocycles. The van der Waals surface area contributed by atoms with E-state index in [1.165, 1.54) is 19.2 Å². The number of fused-ring (bicyclic) bond motifs is 2. The first-order chi connectivity index (χ1) is 10.9. The normalized spacial score (nSPS) is 29.1. The van der Waals surface area contributed by atoms with Crippen LogP contribution in [-0.4, -0.2) is 31.8 Å². The standard InChI is InChI=1S/C16H18F2O4S/c1-22-13-6-5-12(14(17)15(13)18)16(19)9-7-10-3-2-4-11(8-9)23(10,20)21/h5-6,9-11H,2-4,7-8H2,1H3. The second-order valence-electron chi connectivity index (χ2n) is 6.24. The molecule has 2 saturated heterocycles. The van der Waals surface area contributed by atoms with E-state index in [0.29, 0.717) is 12.8 Å². The van der Waals surface area contributed by atoms with E-state index in [1.54, 1.807) is 0 Å². The summed E-state index contributed by atoms with van der Waals surface area (Å²) >= 11 is 0. The van der Waals surface area contributed by atoms with Gasteiger partial charge in [-0.25, -0.2) is 12.8 Å². The Morgan fingerprint density at radius 1 is 1.13 bits per heavy atom. The summed E-state index contributed by atoms with van der Waals surface area (Å²) in [7, 11) is -1.97. The molecule has 1 aromatic rings. The number of hydrogen-bond acceptors (Lipinski definition) is 4. The van der Waals surface area contributed by atoms with E-state index in [0.717, 1.165) is 6.42 Å². The zero-order valence-corrected chi connectivity index (χ0v) is 13.5. The lowest BCUT2D eigenvalue weighted by atomic mass is 9.84. The summed E-state index contributed by atoms with van der Waals surface area (Å²) in [6, 6.07) is 2.42. The number of halogens is 2. The van der Waals surface area contributed by atoms with E-state index in [2.05, 4.69) is 4.74 Å². The lowest BCUT2D eigenvalue weighted by Crippen LogP contribution is -2.45. The van der Waals surface area contributed by atoms with Gasteiger partial charge in [0.2, 0.25) is 5.82 Å². The minimum atomic E-state index is -3.18. The van der Waals surface area contributed by atoms with Crippen LogP contribution in [0.2, 0.25) is 0 Å². The zero-order chi connectivity index (χ0) is 16.8. The van der Waals surface area contributed by atoms with Crippen LogP contribution < -0.4 is 4.74 Å². The van der Waals surface area contributed by atoms with E-state index < -0.39 is 43.7 Å². The van der Waals surface area contributed by atoms with Crippen molar-refractivity contribution in [3.05, 3.63) is 29.3 Å². The van der Waals surface area contributed by atoms with Crippen molar-refractivity contribution in [2.75, 3.05) is 7.11 Å². The Labute approximate surface area is 133 Å². The van der Waals surface area contributed by atoms with Crippen molar-refractivity contribution in [1.29, 1.82) is 0 Å². The third-order valence-electron chi connectivity index (χ3n) is 4.98. The second-order valence-corrected chi connectivity index (χ2v) is 8.75. The van der Waals surface area contributed by atoms with Gasteiger partial charge in [0.25, 0.3) is 0 Å². The number of methoxy groups -OCH3 is 1. The lowest BCUT2D eigenvalue weighted by Gasteiger charge is -2.38. The van der Waals surface area contributed by atoms with Gasteiger partial charge >= 0.3 is 0 Å². The van der Waals surface area contributed by atoms with Crippen molar-refractivity contribution < 1.29 is 26.7 Å². The SMILES string of the molecule is COc1ccc(C(=O)C2CC3CCCC(C2)S3(=O)=O)c(F)c1F. The predicted octanol–water partition coefficient (Wildman–Crippen LogP) is 2.90. The molecule has 4 nitrogen and oxygen atoms in total. The number of Topliss-reactive ketones (excluding diaryl/α,β-unsaturated/α-hetero) is 1. The molecular formula is C16H18F2O4S. The summed E-state index contributed by atoms with van der Waals surface area (Å²) in [5, 5.41) is -1.06. The molecule has 7 heteroatoms. The summed E-state index contributed by atoms with van der Waals surface area (Å²) in [6.45, 7) is 0. The Hall–Kier alpha value is -1.50. The molecule has 0 saturated carbocycles. The molecule has 2 aliphatic rings. The van der Waals surface area contributed by atoms with Gasteiger partial charge in [-0.2, -0.15) is 4.39 Å². The Morgan fingerprint density at radius 3 is 2.30 bits per heavy atom. The van der Waals surface area contributed by atoms with Crippen LogP contribution in [0.4, 0.5) is 8.78 Å².